The molecule has 0 aliphatic heterocycles. The smallest absolute Gasteiger partial charge is 0.124 e. The van der Waals surface area contributed by atoms with Crippen LogP contribution in [0.5, 0.6) is 5.75 Å². The topological polar surface area (TPSA) is 51.2 Å². The summed E-state index contributed by atoms with van der Waals surface area (Å²) in [6, 6.07) is 11.4. The molecule has 0 amide bonds. The molecule has 1 aromatic carbocycles. The highest BCUT2D eigenvalue weighted by Gasteiger charge is 2.12. The monoisotopic (exact) mass is 216 g/mol. The van der Waals surface area contributed by atoms with Crippen LogP contribution in [0, 0.1) is 0 Å². The van der Waals surface area contributed by atoms with Crippen LogP contribution in [0.15, 0.2) is 36.4 Å². The number of aromatic hydroxyl groups is 1. The molecular formula is C13H16N2O. The van der Waals surface area contributed by atoms with Gasteiger partial charge < -0.3 is 15.4 Å². The van der Waals surface area contributed by atoms with Crippen LogP contribution in [0.1, 0.15) is 19.9 Å². The summed E-state index contributed by atoms with van der Waals surface area (Å²) < 4.78 is 2.01. The van der Waals surface area contributed by atoms with E-state index in [1.165, 1.54) is 0 Å². The van der Waals surface area contributed by atoms with Crippen molar-refractivity contribution < 1.29 is 5.11 Å². The predicted molar refractivity (Wildman–Crippen MR) is 66.3 cm³/mol. The number of aromatic nitrogens is 1. The number of benzene rings is 1. The largest absolute Gasteiger partial charge is 0.507 e. The first kappa shape index (κ1) is 10.6. The second-order valence-corrected chi connectivity index (χ2v) is 4.12. The average molecular weight is 216 g/mol. The van der Waals surface area contributed by atoms with Crippen molar-refractivity contribution in [3.8, 4) is 17.0 Å². The van der Waals surface area contributed by atoms with Crippen LogP contribution in [0.25, 0.3) is 11.3 Å². The van der Waals surface area contributed by atoms with Crippen molar-refractivity contribution in [2.24, 2.45) is 0 Å². The van der Waals surface area contributed by atoms with Crippen molar-refractivity contribution in [1.29, 1.82) is 0 Å². The minimum atomic E-state index is 0.268. The summed E-state index contributed by atoms with van der Waals surface area (Å²) in [5, 5.41) is 9.83. The minimum Gasteiger partial charge on any atom is -0.507 e. The third-order valence-electron chi connectivity index (χ3n) is 2.65. The summed E-state index contributed by atoms with van der Waals surface area (Å²) >= 11 is 0. The first-order valence-corrected chi connectivity index (χ1v) is 5.36. The number of anilines is 1. The van der Waals surface area contributed by atoms with E-state index in [-0.39, 0.29) is 11.8 Å². The fourth-order valence-corrected chi connectivity index (χ4v) is 1.95. The first-order chi connectivity index (χ1) is 7.61. The summed E-state index contributed by atoms with van der Waals surface area (Å²) in [5.41, 5.74) is 7.67. The van der Waals surface area contributed by atoms with Gasteiger partial charge in [-0.05, 0) is 38.1 Å². The highest BCUT2D eigenvalue weighted by Crippen LogP contribution is 2.33. The number of nitrogens with two attached hydrogens (primary N) is 1. The number of nitrogens with zero attached hydrogens (tertiary/aromatic N) is 1. The lowest BCUT2D eigenvalue weighted by Gasteiger charge is -2.15. The predicted octanol–water partition coefficient (Wildman–Crippen LogP) is 3.02. The van der Waals surface area contributed by atoms with Crippen LogP contribution in [0.2, 0.25) is 0 Å². The minimum absolute atomic E-state index is 0.268. The maximum atomic E-state index is 9.83. The molecule has 1 aromatic heterocycles. The Morgan fingerprint density at radius 2 is 1.81 bits per heavy atom. The zero-order valence-corrected chi connectivity index (χ0v) is 9.51. The van der Waals surface area contributed by atoms with Crippen LogP contribution < -0.4 is 5.73 Å². The van der Waals surface area contributed by atoms with Gasteiger partial charge in [-0.2, -0.15) is 0 Å². The van der Waals surface area contributed by atoms with Gasteiger partial charge in [0, 0.05) is 11.6 Å². The summed E-state index contributed by atoms with van der Waals surface area (Å²) in [7, 11) is 0. The zero-order valence-electron chi connectivity index (χ0n) is 9.51. The Labute approximate surface area is 95.1 Å². The number of nitrogen functional groups attached to an aromatic ring is 1. The molecule has 84 valence electrons. The molecule has 1 heterocycles. The first-order valence-electron chi connectivity index (χ1n) is 5.36. The Kier molecular flexibility index (Phi) is 2.60. The van der Waals surface area contributed by atoms with E-state index < -0.39 is 0 Å². The molecule has 3 N–H and O–H groups in total. The Bertz CT molecular complexity index is 500. The SMILES string of the molecule is CC(C)n1c(N)ccc1-c1ccccc1O. The number of hydrogen-bond donors (Lipinski definition) is 2. The van der Waals surface area contributed by atoms with Gasteiger partial charge in [0.05, 0.1) is 5.69 Å². The number of para-hydroxylation sites is 1. The number of phenols is 1. The van der Waals surface area contributed by atoms with Gasteiger partial charge in [0.15, 0.2) is 0 Å². The summed E-state index contributed by atoms with van der Waals surface area (Å²) in [4.78, 5) is 0. The molecule has 0 aliphatic rings. The molecule has 0 atom stereocenters. The lowest BCUT2D eigenvalue weighted by Crippen LogP contribution is -2.06. The molecule has 3 heteroatoms. The van der Waals surface area contributed by atoms with E-state index >= 15 is 0 Å². The lowest BCUT2D eigenvalue weighted by atomic mass is 10.1. The Morgan fingerprint density at radius 1 is 1.12 bits per heavy atom. The van der Waals surface area contributed by atoms with E-state index in [4.69, 9.17) is 5.73 Å². The van der Waals surface area contributed by atoms with Gasteiger partial charge in [0.25, 0.3) is 0 Å². The maximum absolute atomic E-state index is 9.83. The molecule has 0 bridgehead atoms. The van der Waals surface area contributed by atoms with Gasteiger partial charge in [0.2, 0.25) is 0 Å². The Balaban J connectivity index is 2.61. The van der Waals surface area contributed by atoms with Gasteiger partial charge in [-0.15, -0.1) is 0 Å². The van der Waals surface area contributed by atoms with Crippen LogP contribution >= 0.6 is 0 Å². The Morgan fingerprint density at radius 3 is 2.44 bits per heavy atom. The molecule has 0 fully saturated rings. The molecule has 0 spiro atoms. The molecule has 0 aliphatic carbocycles. The molecular weight excluding hydrogens is 200 g/mol. The average Bonchev–Trinajstić information content (AvgIpc) is 2.61. The molecule has 0 unspecified atom stereocenters. The molecule has 2 aromatic rings. The highest BCUT2D eigenvalue weighted by molar-refractivity contribution is 5.69. The van der Waals surface area contributed by atoms with E-state index in [2.05, 4.69) is 13.8 Å². The van der Waals surface area contributed by atoms with Crippen LogP contribution in [0.4, 0.5) is 5.82 Å². The van der Waals surface area contributed by atoms with E-state index in [0.717, 1.165) is 11.3 Å². The number of hydrogen-bond acceptors (Lipinski definition) is 2. The second kappa shape index (κ2) is 3.93. The normalized spacial score (nSPS) is 10.9. The van der Waals surface area contributed by atoms with Crippen LogP contribution in [0.3, 0.4) is 0 Å². The molecule has 16 heavy (non-hydrogen) atoms. The highest BCUT2D eigenvalue weighted by atomic mass is 16.3. The Hall–Kier alpha value is -1.90. The van der Waals surface area contributed by atoms with Crippen LogP contribution in [-0.4, -0.2) is 9.67 Å². The van der Waals surface area contributed by atoms with Crippen LogP contribution in [-0.2, 0) is 0 Å². The van der Waals surface area contributed by atoms with Gasteiger partial charge in [-0.3, -0.25) is 0 Å². The second-order valence-electron chi connectivity index (χ2n) is 4.12. The number of phenolic OH excluding ortho intramolecular Hbond substituents is 1. The maximum Gasteiger partial charge on any atom is 0.124 e. The van der Waals surface area contributed by atoms with Crippen molar-refractivity contribution in [2.45, 2.75) is 19.9 Å². The molecule has 2 rings (SSSR count). The third kappa shape index (κ3) is 1.65. The van der Waals surface area contributed by atoms with Gasteiger partial charge in [-0.1, -0.05) is 12.1 Å². The van der Waals surface area contributed by atoms with Gasteiger partial charge in [-0.25, -0.2) is 0 Å². The van der Waals surface area contributed by atoms with Crippen molar-refractivity contribution in [3.63, 3.8) is 0 Å². The van der Waals surface area contributed by atoms with Gasteiger partial charge >= 0.3 is 0 Å². The van der Waals surface area contributed by atoms with Gasteiger partial charge in [0.1, 0.15) is 11.6 Å². The lowest BCUT2D eigenvalue weighted by molar-refractivity contribution is 0.476. The van der Waals surface area contributed by atoms with E-state index in [0.29, 0.717) is 5.82 Å². The summed E-state index contributed by atoms with van der Waals surface area (Å²) in [6.45, 7) is 4.14. The quantitative estimate of drug-likeness (QED) is 0.810. The van der Waals surface area contributed by atoms with Crippen molar-refractivity contribution in [1.82, 2.24) is 4.57 Å². The molecule has 0 saturated carbocycles. The van der Waals surface area contributed by atoms with E-state index in [1.54, 1.807) is 6.07 Å². The summed E-state index contributed by atoms with van der Waals surface area (Å²) in [6.07, 6.45) is 0. The summed E-state index contributed by atoms with van der Waals surface area (Å²) in [5.74, 6) is 0.996. The molecule has 3 nitrogen and oxygen atoms in total. The van der Waals surface area contributed by atoms with E-state index in [1.807, 2.05) is 34.9 Å². The number of rotatable bonds is 2. The fraction of sp³-hybridized carbons (Fsp3) is 0.231. The van der Waals surface area contributed by atoms with Crippen molar-refractivity contribution >= 4 is 5.82 Å². The third-order valence-corrected chi connectivity index (χ3v) is 2.65. The zero-order chi connectivity index (χ0) is 11.7. The standard InChI is InChI=1S/C13H16N2O/c1-9(2)15-11(7-8-13(15)14)10-5-3-4-6-12(10)16/h3-9,16H,14H2,1-2H3. The van der Waals surface area contributed by atoms with Crippen molar-refractivity contribution in [2.75, 3.05) is 5.73 Å². The van der Waals surface area contributed by atoms with Crippen molar-refractivity contribution in [3.05, 3.63) is 36.4 Å². The fourth-order valence-electron chi connectivity index (χ4n) is 1.95. The van der Waals surface area contributed by atoms with E-state index in [9.17, 15) is 5.11 Å². The molecule has 0 radical (unpaired) electrons. The molecule has 0 saturated heterocycles.